The van der Waals surface area contributed by atoms with E-state index in [1.54, 1.807) is 26.0 Å². The van der Waals surface area contributed by atoms with Gasteiger partial charge in [-0.05, 0) is 49.3 Å². The van der Waals surface area contributed by atoms with Crippen LogP contribution in [0.5, 0.6) is 11.5 Å². The zero-order chi connectivity index (χ0) is 22.9. The molecule has 0 unspecified atom stereocenters. The molecule has 0 aliphatic rings. The third-order valence-corrected chi connectivity index (χ3v) is 4.94. The van der Waals surface area contributed by atoms with Crippen LogP contribution in [0.2, 0.25) is 0 Å². The zero-order valence-electron chi connectivity index (χ0n) is 17.2. The van der Waals surface area contributed by atoms with E-state index in [9.17, 15) is 25.9 Å². The van der Waals surface area contributed by atoms with E-state index in [1.165, 1.54) is 36.4 Å². The van der Waals surface area contributed by atoms with Gasteiger partial charge in [-0.3, -0.25) is 0 Å². The molecule has 0 N–H and O–H groups in total. The van der Waals surface area contributed by atoms with Crippen LogP contribution in [0.25, 0.3) is 0 Å². The third kappa shape index (κ3) is 10.8. The Labute approximate surface area is 199 Å². The SMILES string of the molecule is C=C(C)COc1ccccc1S(=O)(=O)[O-].C=C(C)COc1ccccc1S(=O)(=O)[O-].[Mg+2]. The summed E-state index contributed by atoms with van der Waals surface area (Å²) in [5.41, 5.74) is 1.49. The van der Waals surface area contributed by atoms with Gasteiger partial charge in [-0.25, -0.2) is 16.8 Å². The molecule has 0 bridgehead atoms. The van der Waals surface area contributed by atoms with Crippen LogP contribution in [0.3, 0.4) is 0 Å². The zero-order valence-corrected chi connectivity index (χ0v) is 20.3. The molecule has 0 saturated carbocycles. The van der Waals surface area contributed by atoms with Crippen molar-refractivity contribution in [1.29, 1.82) is 0 Å². The molecule has 0 heterocycles. The Balaban J connectivity index is 0.000000562. The maximum Gasteiger partial charge on any atom is 2.00 e. The van der Waals surface area contributed by atoms with Crippen LogP contribution in [-0.2, 0) is 20.2 Å². The minimum atomic E-state index is -4.49. The Morgan fingerprint density at radius 1 is 0.742 bits per heavy atom. The van der Waals surface area contributed by atoms with Crippen LogP contribution in [0, 0.1) is 0 Å². The number of hydrogen-bond acceptors (Lipinski definition) is 8. The molecule has 8 nitrogen and oxygen atoms in total. The van der Waals surface area contributed by atoms with Crippen molar-refractivity contribution in [2.75, 3.05) is 13.2 Å². The van der Waals surface area contributed by atoms with Crippen LogP contribution in [0.15, 0.2) is 82.6 Å². The Morgan fingerprint density at radius 3 is 1.29 bits per heavy atom. The van der Waals surface area contributed by atoms with E-state index >= 15 is 0 Å². The Bertz CT molecular complexity index is 1020. The monoisotopic (exact) mass is 478 g/mol. The number of hydrogen-bond donors (Lipinski definition) is 0. The molecule has 0 aliphatic carbocycles. The first-order valence-electron chi connectivity index (χ1n) is 8.46. The number of ether oxygens (including phenoxy) is 2. The van der Waals surface area contributed by atoms with Gasteiger partial charge in [0, 0.05) is 0 Å². The van der Waals surface area contributed by atoms with E-state index in [-0.39, 0.29) is 57.6 Å². The largest absolute Gasteiger partial charge is 2.00 e. The Hall–Kier alpha value is -1.89. The second-order valence-corrected chi connectivity index (χ2v) is 8.99. The molecule has 0 fully saturated rings. The van der Waals surface area contributed by atoms with Crippen molar-refractivity contribution in [2.45, 2.75) is 23.6 Å². The van der Waals surface area contributed by atoms with Gasteiger partial charge in [0.15, 0.2) is 0 Å². The van der Waals surface area contributed by atoms with Crippen molar-refractivity contribution >= 4 is 43.3 Å². The maximum atomic E-state index is 10.8. The summed E-state index contributed by atoms with van der Waals surface area (Å²) in [6.07, 6.45) is 0. The summed E-state index contributed by atoms with van der Waals surface area (Å²) in [6.45, 7) is 11.1. The smallest absolute Gasteiger partial charge is 0.744 e. The first-order chi connectivity index (χ1) is 13.8. The van der Waals surface area contributed by atoms with Crippen molar-refractivity contribution in [2.24, 2.45) is 0 Å². The molecular weight excluding hydrogens is 457 g/mol. The molecule has 0 radical (unpaired) electrons. The van der Waals surface area contributed by atoms with E-state index in [0.717, 1.165) is 11.1 Å². The molecular formula is C20H22MgO8S2. The average Bonchev–Trinajstić information content (AvgIpc) is 2.64. The third-order valence-electron chi connectivity index (χ3n) is 3.19. The topological polar surface area (TPSA) is 133 Å². The molecule has 2 aromatic carbocycles. The van der Waals surface area contributed by atoms with Gasteiger partial charge in [-0.15, -0.1) is 0 Å². The van der Waals surface area contributed by atoms with Crippen LogP contribution >= 0.6 is 0 Å². The van der Waals surface area contributed by atoms with Gasteiger partial charge in [0.05, 0.1) is 9.79 Å². The van der Waals surface area contributed by atoms with E-state index in [4.69, 9.17) is 9.47 Å². The van der Waals surface area contributed by atoms with Crippen molar-refractivity contribution in [3.8, 4) is 11.5 Å². The fourth-order valence-electron chi connectivity index (χ4n) is 1.95. The van der Waals surface area contributed by atoms with Gasteiger partial charge >= 0.3 is 23.1 Å². The second-order valence-electron chi connectivity index (χ2n) is 6.29. The minimum Gasteiger partial charge on any atom is -0.744 e. The number of para-hydroxylation sites is 2. The van der Waals surface area contributed by atoms with E-state index in [0.29, 0.717) is 0 Å². The molecule has 11 heteroatoms. The van der Waals surface area contributed by atoms with Gasteiger partial charge in [0.25, 0.3) is 0 Å². The van der Waals surface area contributed by atoms with Gasteiger partial charge in [0.2, 0.25) is 0 Å². The summed E-state index contributed by atoms with van der Waals surface area (Å²) in [7, 11) is -8.97. The van der Waals surface area contributed by atoms with Gasteiger partial charge in [-0.1, -0.05) is 37.4 Å². The number of benzene rings is 2. The molecule has 0 amide bonds. The van der Waals surface area contributed by atoms with Crippen LogP contribution < -0.4 is 9.47 Å². The average molecular weight is 479 g/mol. The van der Waals surface area contributed by atoms with E-state index < -0.39 is 20.2 Å². The normalized spacial score (nSPS) is 10.7. The standard InChI is InChI=1S/2C10H12O4S.Mg/c2*1-8(2)7-14-9-5-3-4-6-10(9)15(11,12)13;/h2*3-6H,1,7H2,2H3,(H,11,12,13);/q;;+2/p-2. The Kier molecular flexibility index (Phi) is 12.1. The van der Waals surface area contributed by atoms with Crippen molar-refractivity contribution < 1.29 is 35.4 Å². The molecule has 0 aromatic heterocycles. The summed E-state index contributed by atoms with van der Waals surface area (Å²) in [5, 5.41) is 0. The van der Waals surface area contributed by atoms with Crippen LogP contribution in [0.1, 0.15) is 13.8 Å². The molecule has 0 aliphatic heterocycles. The molecule has 0 saturated heterocycles. The summed E-state index contributed by atoms with van der Waals surface area (Å²) < 4.78 is 75.3. The van der Waals surface area contributed by atoms with E-state index in [1.807, 2.05) is 0 Å². The van der Waals surface area contributed by atoms with Gasteiger partial charge in [0.1, 0.15) is 44.9 Å². The van der Waals surface area contributed by atoms with Crippen LogP contribution in [0.4, 0.5) is 0 Å². The molecule has 2 aromatic rings. The van der Waals surface area contributed by atoms with Gasteiger partial charge < -0.3 is 18.6 Å². The maximum absolute atomic E-state index is 10.8. The predicted molar refractivity (Wildman–Crippen MR) is 115 cm³/mol. The fraction of sp³-hybridized carbons (Fsp3) is 0.200. The van der Waals surface area contributed by atoms with Crippen molar-refractivity contribution in [3.63, 3.8) is 0 Å². The van der Waals surface area contributed by atoms with Crippen molar-refractivity contribution in [3.05, 3.63) is 72.8 Å². The molecule has 2 rings (SSSR count). The first kappa shape index (κ1) is 29.1. The minimum absolute atomic E-state index is 0. The first-order valence-corrected chi connectivity index (χ1v) is 11.3. The summed E-state index contributed by atoms with van der Waals surface area (Å²) in [6, 6.07) is 11.5. The quantitative estimate of drug-likeness (QED) is 0.321. The van der Waals surface area contributed by atoms with Crippen LogP contribution in [-0.4, -0.2) is 62.2 Å². The second kappa shape index (κ2) is 12.8. The van der Waals surface area contributed by atoms with Gasteiger partial charge in [-0.2, -0.15) is 0 Å². The predicted octanol–water partition coefficient (Wildman–Crippen LogP) is 2.71. The summed E-state index contributed by atoms with van der Waals surface area (Å²) in [4.78, 5) is -0.683. The molecule has 31 heavy (non-hydrogen) atoms. The summed E-state index contributed by atoms with van der Waals surface area (Å²) >= 11 is 0. The molecule has 0 spiro atoms. The molecule has 164 valence electrons. The summed E-state index contributed by atoms with van der Waals surface area (Å²) in [5.74, 6) is 0.131. The molecule has 0 atom stereocenters. The van der Waals surface area contributed by atoms with E-state index in [2.05, 4.69) is 13.2 Å². The fourth-order valence-corrected chi connectivity index (χ4v) is 3.19. The van der Waals surface area contributed by atoms with Crippen molar-refractivity contribution in [1.82, 2.24) is 0 Å². The number of rotatable bonds is 8. The Morgan fingerprint density at radius 2 is 1.03 bits per heavy atom.